The van der Waals surface area contributed by atoms with E-state index in [1.54, 1.807) is 19.0 Å². The van der Waals surface area contributed by atoms with E-state index in [2.05, 4.69) is 51.7 Å². The fourth-order valence-corrected chi connectivity index (χ4v) is 3.22. The molecule has 0 saturated carbocycles. The van der Waals surface area contributed by atoms with Crippen LogP contribution in [0.3, 0.4) is 0 Å². The van der Waals surface area contributed by atoms with E-state index in [4.69, 9.17) is 0 Å². The van der Waals surface area contributed by atoms with E-state index in [-0.39, 0.29) is 36.4 Å². The van der Waals surface area contributed by atoms with Crippen molar-refractivity contribution in [3.63, 3.8) is 0 Å². The number of likely N-dealkylation sites (N-methyl/N-ethyl adjacent to an activating group) is 1. The molecule has 0 aromatic heterocycles. The summed E-state index contributed by atoms with van der Waals surface area (Å²) < 4.78 is 0. The van der Waals surface area contributed by atoms with Crippen LogP contribution in [0.5, 0.6) is 0 Å². The summed E-state index contributed by atoms with van der Waals surface area (Å²) >= 11 is 0. The van der Waals surface area contributed by atoms with Gasteiger partial charge in [0.2, 0.25) is 5.91 Å². The molecule has 2 rings (SSSR count). The Morgan fingerprint density at radius 3 is 2.50 bits per heavy atom. The highest BCUT2D eigenvalue weighted by atomic mass is 127. The van der Waals surface area contributed by atoms with Gasteiger partial charge in [-0.25, -0.2) is 4.99 Å². The lowest BCUT2D eigenvalue weighted by molar-refractivity contribution is -0.127. The number of nitrogens with one attached hydrogen (secondary N) is 2. The van der Waals surface area contributed by atoms with Crippen LogP contribution in [-0.2, 0) is 11.2 Å². The quantitative estimate of drug-likeness (QED) is 0.326. The molecule has 0 spiro atoms. The number of nitrogens with zero attached hydrogens (tertiary/aromatic N) is 3. The molecule has 1 heterocycles. The van der Waals surface area contributed by atoms with Gasteiger partial charge in [0.15, 0.2) is 5.96 Å². The summed E-state index contributed by atoms with van der Waals surface area (Å²) in [5, 5.41) is 6.94. The van der Waals surface area contributed by atoms with Gasteiger partial charge < -0.3 is 20.4 Å². The second kappa shape index (κ2) is 13.8. The Labute approximate surface area is 187 Å². The molecule has 0 bridgehead atoms. The highest BCUT2D eigenvalue weighted by molar-refractivity contribution is 14.0. The number of piperidine rings is 1. The van der Waals surface area contributed by atoms with Crippen molar-refractivity contribution in [3.8, 4) is 0 Å². The van der Waals surface area contributed by atoms with Crippen molar-refractivity contribution < 1.29 is 4.79 Å². The Kier molecular flexibility index (Phi) is 12.1. The standard InChI is InChI=1S/C21H35N5O.HI/c1-4-14-26-15-11-19(12-16-26)24-21(23-17-20(27)25(2)3)22-13-10-18-8-6-5-7-9-18;/h5-9,19H,4,10-17H2,1-3H3,(H2,22,23,24);1H. The highest BCUT2D eigenvalue weighted by Gasteiger charge is 2.19. The number of rotatable bonds is 8. The Morgan fingerprint density at radius 1 is 1.21 bits per heavy atom. The zero-order valence-corrected chi connectivity index (χ0v) is 19.8. The van der Waals surface area contributed by atoms with Crippen molar-refractivity contribution in [3.05, 3.63) is 35.9 Å². The lowest BCUT2D eigenvalue weighted by Crippen LogP contribution is -2.49. The van der Waals surface area contributed by atoms with Crippen molar-refractivity contribution in [2.45, 2.75) is 38.6 Å². The fourth-order valence-electron chi connectivity index (χ4n) is 3.22. The minimum absolute atomic E-state index is 0. The highest BCUT2D eigenvalue weighted by Crippen LogP contribution is 2.10. The van der Waals surface area contributed by atoms with Gasteiger partial charge in [-0.05, 0) is 37.8 Å². The minimum Gasteiger partial charge on any atom is -0.356 e. The molecule has 1 aliphatic heterocycles. The van der Waals surface area contributed by atoms with Crippen LogP contribution in [0.4, 0.5) is 0 Å². The molecule has 0 atom stereocenters. The van der Waals surface area contributed by atoms with Gasteiger partial charge in [0.1, 0.15) is 6.54 Å². The number of aliphatic imine (C=N–C) groups is 1. The Morgan fingerprint density at radius 2 is 1.89 bits per heavy atom. The summed E-state index contributed by atoms with van der Waals surface area (Å²) in [7, 11) is 3.52. The van der Waals surface area contributed by atoms with Gasteiger partial charge in [0.25, 0.3) is 0 Å². The zero-order chi connectivity index (χ0) is 19.5. The van der Waals surface area contributed by atoms with Gasteiger partial charge in [-0.3, -0.25) is 4.79 Å². The van der Waals surface area contributed by atoms with Gasteiger partial charge in [-0.15, -0.1) is 24.0 Å². The van der Waals surface area contributed by atoms with Crippen LogP contribution in [0.1, 0.15) is 31.7 Å². The number of likely N-dealkylation sites (tertiary alicyclic amines) is 1. The first kappa shape index (κ1) is 24.7. The van der Waals surface area contributed by atoms with Crippen LogP contribution in [0.2, 0.25) is 0 Å². The molecule has 1 aromatic carbocycles. The summed E-state index contributed by atoms with van der Waals surface area (Å²) in [6.45, 7) is 6.62. The maximum absolute atomic E-state index is 11.9. The van der Waals surface area contributed by atoms with E-state index >= 15 is 0 Å². The van der Waals surface area contributed by atoms with Crippen LogP contribution in [-0.4, -0.2) is 74.5 Å². The number of amides is 1. The average Bonchev–Trinajstić information content (AvgIpc) is 2.68. The summed E-state index contributed by atoms with van der Waals surface area (Å²) in [5.74, 6) is 0.756. The van der Waals surface area contributed by atoms with Gasteiger partial charge >= 0.3 is 0 Å². The number of halogens is 1. The van der Waals surface area contributed by atoms with Gasteiger partial charge in [-0.2, -0.15) is 0 Å². The third kappa shape index (κ3) is 9.23. The largest absolute Gasteiger partial charge is 0.356 e. The van der Waals surface area contributed by atoms with Gasteiger partial charge in [0.05, 0.1) is 0 Å². The SMILES string of the molecule is CCCN1CCC(NC(=NCC(=O)N(C)C)NCCc2ccccc2)CC1.I. The number of benzene rings is 1. The van der Waals surface area contributed by atoms with Gasteiger partial charge in [0, 0.05) is 39.8 Å². The molecule has 1 aromatic rings. The number of guanidine groups is 1. The fraction of sp³-hybridized carbons (Fsp3) is 0.619. The van der Waals surface area contributed by atoms with Crippen LogP contribution in [0.25, 0.3) is 0 Å². The predicted octanol–water partition coefficient (Wildman–Crippen LogP) is 2.34. The topological polar surface area (TPSA) is 60.0 Å². The molecular weight excluding hydrogens is 465 g/mol. The summed E-state index contributed by atoms with van der Waals surface area (Å²) in [6, 6.07) is 10.8. The Hall–Kier alpha value is -1.35. The number of hydrogen-bond donors (Lipinski definition) is 2. The molecule has 7 heteroatoms. The van der Waals surface area contributed by atoms with Crippen LogP contribution in [0, 0.1) is 0 Å². The molecule has 158 valence electrons. The minimum atomic E-state index is 0. The van der Waals surface area contributed by atoms with Crippen LogP contribution < -0.4 is 10.6 Å². The molecule has 28 heavy (non-hydrogen) atoms. The second-order valence-electron chi connectivity index (χ2n) is 7.38. The van der Waals surface area contributed by atoms with Gasteiger partial charge in [-0.1, -0.05) is 37.3 Å². The maximum atomic E-state index is 11.9. The monoisotopic (exact) mass is 501 g/mol. The number of hydrogen-bond acceptors (Lipinski definition) is 3. The lowest BCUT2D eigenvalue weighted by Gasteiger charge is -2.32. The first-order valence-electron chi connectivity index (χ1n) is 10.1. The van der Waals surface area contributed by atoms with Crippen molar-refractivity contribution in [1.29, 1.82) is 0 Å². The molecule has 1 amide bonds. The molecule has 0 aliphatic carbocycles. The summed E-state index contributed by atoms with van der Waals surface area (Å²) in [5.41, 5.74) is 1.29. The molecule has 1 aliphatic rings. The Bertz CT molecular complexity index is 586. The molecule has 0 radical (unpaired) electrons. The molecular formula is C21H36IN5O. The zero-order valence-electron chi connectivity index (χ0n) is 17.5. The molecule has 1 fully saturated rings. The van der Waals surface area contributed by atoms with E-state index in [0.717, 1.165) is 44.9 Å². The van der Waals surface area contributed by atoms with Crippen molar-refractivity contribution in [2.75, 3.05) is 46.8 Å². The molecule has 1 saturated heterocycles. The van der Waals surface area contributed by atoms with Crippen molar-refractivity contribution in [2.24, 2.45) is 4.99 Å². The third-order valence-electron chi connectivity index (χ3n) is 4.89. The van der Waals surface area contributed by atoms with E-state index < -0.39 is 0 Å². The summed E-state index contributed by atoms with van der Waals surface area (Å²) in [6.07, 6.45) is 4.36. The first-order chi connectivity index (χ1) is 13.1. The molecule has 2 N–H and O–H groups in total. The normalized spacial score (nSPS) is 15.6. The van der Waals surface area contributed by atoms with Crippen molar-refractivity contribution >= 4 is 35.8 Å². The van der Waals surface area contributed by atoms with Crippen LogP contribution in [0.15, 0.2) is 35.3 Å². The van der Waals surface area contributed by atoms with E-state index in [1.165, 1.54) is 18.5 Å². The number of carbonyl (C=O) groups excluding carboxylic acids is 1. The maximum Gasteiger partial charge on any atom is 0.243 e. The van der Waals surface area contributed by atoms with E-state index in [9.17, 15) is 4.79 Å². The number of carbonyl (C=O) groups is 1. The smallest absolute Gasteiger partial charge is 0.243 e. The summed E-state index contributed by atoms with van der Waals surface area (Å²) in [4.78, 5) is 20.5. The van der Waals surface area contributed by atoms with E-state index in [1.807, 2.05) is 6.07 Å². The van der Waals surface area contributed by atoms with Crippen molar-refractivity contribution in [1.82, 2.24) is 20.4 Å². The Balaban J connectivity index is 0.00000392. The predicted molar refractivity (Wildman–Crippen MR) is 127 cm³/mol. The first-order valence-corrected chi connectivity index (χ1v) is 10.1. The molecule has 0 unspecified atom stereocenters. The average molecular weight is 501 g/mol. The third-order valence-corrected chi connectivity index (χ3v) is 4.89. The lowest BCUT2D eigenvalue weighted by atomic mass is 10.1. The second-order valence-corrected chi connectivity index (χ2v) is 7.38. The van der Waals surface area contributed by atoms with Crippen LogP contribution >= 0.6 is 24.0 Å². The molecule has 6 nitrogen and oxygen atoms in total. The van der Waals surface area contributed by atoms with E-state index in [0.29, 0.717) is 6.04 Å².